The van der Waals surface area contributed by atoms with E-state index in [2.05, 4.69) is 16.9 Å². The molecule has 0 radical (unpaired) electrons. The van der Waals surface area contributed by atoms with E-state index in [4.69, 9.17) is 16.3 Å². The third-order valence-corrected chi connectivity index (χ3v) is 3.98. The summed E-state index contributed by atoms with van der Waals surface area (Å²) in [5.74, 6) is 0.668. The fraction of sp³-hybridized carbons (Fsp3) is 0.500. The molecule has 2 rings (SSSR count). The van der Waals surface area contributed by atoms with Crippen molar-refractivity contribution in [2.24, 2.45) is 0 Å². The van der Waals surface area contributed by atoms with Crippen LogP contribution in [0.5, 0.6) is 0 Å². The molecule has 3 nitrogen and oxygen atoms in total. The molecule has 2 aromatic heterocycles. The number of fused-ring (bicyclic) bond motifs is 1. The molecule has 0 aliphatic heterocycles. The normalized spacial score (nSPS) is 15.1. The Balaban J connectivity index is 2.53. The zero-order chi connectivity index (χ0) is 12.5. The van der Waals surface area contributed by atoms with Crippen molar-refractivity contribution in [3.05, 3.63) is 22.4 Å². The summed E-state index contributed by atoms with van der Waals surface area (Å²) in [6.07, 6.45) is 0.814. The Morgan fingerprint density at radius 2 is 2.18 bits per heavy atom. The van der Waals surface area contributed by atoms with Gasteiger partial charge >= 0.3 is 0 Å². The summed E-state index contributed by atoms with van der Waals surface area (Å²) in [6, 6.07) is 1.94. The monoisotopic (exact) mass is 270 g/mol. The lowest BCUT2D eigenvalue weighted by atomic mass is 10.0. The topological polar surface area (TPSA) is 35.0 Å². The molecule has 0 aliphatic rings. The molecule has 1 atom stereocenters. The maximum absolute atomic E-state index is 6.17. The summed E-state index contributed by atoms with van der Waals surface area (Å²) in [7, 11) is 0. The fourth-order valence-corrected chi connectivity index (χ4v) is 2.75. The second kappa shape index (κ2) is 4.88. The third kappa shape index (κ3) is 2.30. The number of nitrogens with zero attached hydrogens (tertiary/aromatic N) is 2. The van der Waals surface area contributed by atoms with Gasteiger partial charge in [0.2, 0.25) is 0 Å². The molecule has 0 N–H and O–H groups in total. The predicted octanol–water partition coefficient (Wildman–Crippen LogP) is 4.01. The second-order valence-electron chi connectivity index (χ2n) is 3.99. The van der Waals surface area contributed by atoms with Crippen molar-refractivity contribution in [1.82, 2.24) is 9.97 Å². The first kappa shape index (κ1) is 12.7. The number of aromatic nitrogens is 2. The minimum Gasteiger partial charge on any atom is -0.368 e. The van der Waals surface area contributed by atoms with Crippen LogP contribution in [0.25, 0.3) is 10.2 Å². The van der Waals surface area contributed by atoms with Gasteiger partial charge in [-0.05, 0) is 31.7 Å². The van der Waals surface area contributed by atoms with Gasteiger partial charge in [0.1, 0.15) is 15.6 Å². The van der Waals surface area contributed by atoms with E-state index < -0.39 is 5.60 Å². The molecule has 5 heteroatoms. The Morgan fingerprint density at radius 3 is 2.82 bits per heavy atom. The van der Waals surface area contributed by atoms with Gasteiger partial charge in [0.15, 0.2) is 5.82 Å². The average Bonchev–Trinajstić information content (AvgIpc) is 2.78. The van der Waals surface area contributed by atoms with E-state index in [0.717, 1.165) is 16.6 Å². The SMILES string of the molecule is CCOC(C)(CC)c1nc(Cl)c2ccsc2n1. The van der Waals surface area contributed by atoms with Gasteiger partial charge in [0.05, 0.1) is 0 Å². The minimum atomic E-state index is -0.462. The molecule has 0 aromatic carbocycles. The van der Waals surface area contributed by atoms with Crippen LogP contribution in [0.1, 0.15) is 33.0 Å². The molecule has 2 heterocycles. The van der Waals surface area contributed by atoms with Gasteiger partial charge in [-0.1, -0.05) is 18.5 Å². The lowest BCUT2D eigenvalue weighted by Crippen LogP contribution is -2.27. The molecule has 0 bridgehead atoms. The van der Waals surface area contributed by atoms with Gasteiger partial charge in [-0.25, -0.2) is 9.97 Å². The van der Waals surface area contributed by atoms with Crippen LogP contribution in [-0.4, -0.2) is 16.6 Å². The van der Waals surface area contributed by atoms with Crippen LogP contribution in [0.15, 0.2) is 11.4 Å². The molecule has 0 amide bonds. The Labute approximate surface area is 110 Å². The highest BCUT2D eigenvalue weighted by atomic mass is 35.5. The number of hydrogen-bond acceptors (Lipinski definition) is 4. The number of hydrogen-bond donors (Lipinski definition) is 0. The highest BCUT2D eigenvalue weighted by Crippen LogP contribution is 2.31. The van der Waals surface area contributed by atoms with Gasteiger partial charge in [-0.3, -0.25) is 0 Å². The van der Waals surface area contributed by atoms with E-state index in [-0.39, 0.29) is 0 Å². The molecule has 0 fully saturated rings. The molecule has 1 unspecified atom stereocenters. The molecule has 0 saturated carbocycles. The van der Waals surface area contributed by atoms with E-state index in [0.29, 0.717) is 17.6 Å². The summed E-state index contributed by atoms with van der Waals surface area (Å²) >= 11 is 7.74. The largest absolute Gasteiger partial charge is 0.368 e. The summed E-state index contributed by atoms with van der Waals surface area (Å²) in [6.45, 7) is 6.67. The molecule has 0 saturated heterocycles. The van der Waals surface area contributed by atoms with E-state index in [1.807, 2.05) is 25.3 Å². The van der Waals surface area contributed by atoms with Crippen LogP contribution < -0.4 is 0 Å². The standard InChI is InChI=1S/C12H15ClN2OS/c1-4-12(3,16-5-2)11-14-9(13)8-6-7-17-10(8)15-11/h6-7H,4-5H2,1-3H3. The van der Waals surface area contributed by atoms with Crippen LogP contribution in [0.2, 0.25) is 5.15 Å². The minimum absolute atomic E-state index is 0.462. The maximum atomic E-state index is 6.17. The number of halogens is 1. The number of thiophene rings is 1. The summed E-state index contributed by atoms with van der Waals surface area (Å²) in [5, 5.41) is 3.39. The van der Waals surface area contributed by atoms with Gasteiger partial charge < -0.3 is 4.74 Å². The Kier molecular flexibility index (Phi) is 3.66. The Hall–Kier alpha value is -0.710. The van der Waals surface area contributed by atoms with Gasteiger partial charge in [0.25, 0.3) is 0 Å². The van der Waals surface area contributed by atoms with Crippen molar-refractivity contribution >= 4 is 33.2 Å². The van der Waals surface area contributed by atoms with E-state index in [1.54, 1.807) is 11.3 Å². The van der Waals surface area contributed by atoms with E-state index >= 15 is 0 Å². The highest BCUT2D eigenvalue weighted by Gasteiger charge is 2.29. The molecule has 92 valence electrons. The van der Waals surface area contributed by atoms with Crippen molar-refractivity contribution in [3.8, 4) is 0 Å². The lowest BCUT2D eigenvalue weighted by molar-refractivity contribution is -0.0387. The predicted molar refractivity (Wildman–Crippen MR) is 71.7 cm³/mol. The quantitative estimate of drug-likeness (QED) is 0.788. The zero-order valence-electron chi connectivity index (χ0n) is 10.2. The lowest BCUT2D eigenvalue weighted by Gasteiger charge is -2.26. The van der Waals surface area contributed by atoms with E-state index in [1.165, 1.54) is 0 Å². The van der Waals surface area contributed by atoms with Crippen LogP contribution in [-0.2, 0) is 10.3 Å². The van der Waals surface area contributed by atoms with Gasteiger partial charge in [-0.2, -0.15) is 0 Å². The summed E-state index contributed by atoms with van der Waals surface area (Å²) in [5.41, 5.74) is -0.462. The summed E-state index contributed by atoms with van der Waals surface area (Å²) < 4.78 is 5.77. The van der Waals surface area contributed by atoms with Crippen molar-refractivity contribution in [2.75, 3.05) is 6.61 Å². The van der Waals surface area contributed by atoms with Crippen molar-refractivity contribution in [1.29, 1.82) is 0 Å². The van der Waals surface area contributed by atoms with Crippen LogP contribution in [0.4, 0.5) is 0 Å². The first-order chi connectivity index (χ1) is 8.10. The van der Waals surface area contributed by atoms with E-state index in [9.17, 15) is 0 Å². The van der Waals surface area contributed by atoms with Crippen LogP contribution in [0.3, 0.4) is 0 Å². The third-order valence-electron chi connectivity index (χ3n) is 2.89. The van der Waals surface area contributed by atoms with Crippen molar-refractivity contribution < 1.29 is 4.74 Å². The summed E-state index contributed by atoms with van der Waals surface area (Å²) in [4.78, 5) is 9.84. The Morgan fingerprint density at radius 1 is 1.41 bits per heavy atom. The number of ether oxygens (including phenoxy) is 1. The molecular weight excluding hydrogens is 256 g/mol. The van der Waals surface area contributed by atoms with Gasteiger partial charge in [0, 0.05) is 12.0 Å². The number of rotatable bonds is 4. The smallest absolute Gasteiger partial charge is 0.163 e. The molecule has 2 aromatic rings. The first-order valence-corrected chi connectivity index (χ1v) is 6.91. The Bertz CT molecular complexity index is 528. The first-order valence-electron chi connectivity index (χ1n) is 5.66. The average molecular weight is 271 g/mol. The molecule has 0 spiro atoms. The molecular formula is C12H15ClN2OS. The van der Waals surface area contributed by atoms with Crippen LogP contribution >= 0.6 is 22.9 Å². The maximum Gasteiger partial charge on any atom is 0.163 e. The fourth-order valence-electron chi connectivity index (χ4n) is 1.70. The molecule has 17 heavy (non-hydrogen) atoms. The molecule has 0 aliphatic carbocycles. The highest BCUT2D eigenvalue weighted by molar-refractivity contribution is 7.16. The zero-order valence-corrected chi connectivity index (χ0v) is 11.7. The van der Waals surface area contributed by atoms with Crippen LogP contribution in [0, 0.1) is 0 Å². The van der Waals surface area contributed by atoms with Crippen molar-refractivity contribution in [2.45, 2.75) is 32.8 Å². The van der Waals surface area contributed by atoms with Gasteiger partial charge in [-0.15, -0.1) is 11.3 Å². The van der Waals surface area contributed by atoms with Crippen molar-refractivity contribution in [3.63, 3.8) is 0 Å². The second-order valence-corrected chi connectivity index (χ2v) is 5.25.